The van der Waals surface area contributed by atoms with Gasteiger partial charge in [0.15, 0.2) is 0 Å². The predicted octanol–water partition coefficient (Wildman–Crippen LogP) is 1.80. The number of aliphatic hydroxyl groups is 1. The largest absolute Gasteiger partial charge is 0.393 e. The van der Waals surface area contributed by atoms with Crippen LogP contribution in [0.5, 0.6) is 0 Å². The summed E-state index contributed by atoms with van der Waals surface area (Å²) in [5.74, 6) is 2.50. The van der Waals surface area contributed by atoms with Crippen LogP contribution in [0.1, 0.15) is 32.6 Å². The van der Waals surface area contributed by atoms with Gasteiger partial charge in [-0.15, -0.1) is 0 Å². The molecular formula is C10H16O. The molecule has 5 unspecified atom stereocenters. The number of rotatable bonds is 0. The lowest BCUT2D eigenvalue weighted by molar-refractivity contribution is 0.0398. The Kier molecular flexibility index (Phi) is 0.976. The molecule has 0 heterocycles. The van der Waals surface area contributed by atoms with Crippen LogP contribution in [0.2, 0.25) is 0 Å². The van der Waals surface area contributed by atoms with E-state index in [0.29, 0.717) is 11.3 Å². The highest BCUT2D eigenvalue weighted by Crippen LogP contribution is 2.67. The molecular weight excluding hydrogens is 136 g/mol. The monoisotopic (exact) mass is 152 g/mol. The van der Waals surface area contributed by atoms with Crippen molar-refractivity contribution in [3.63, 3.8) is 0 Å². The summed E-state index contributed by atoms with van der Waals surface area (Å²) in [6.45, 7) is 2.39. The van der Waals surface area contributed by atoms with Crippen LogP contribution in [0, 0.1) is 23.2 Å². The Balaban J connectivity index is 2.04. The van der Waals surface area contributed by atoms with Crippen molar-refractivity contribution in [2.75, 3.05) is 0 Å². The van der Waals surface area contributed by atoms with Crippen molar-refractivity contribution in [1.29, 1.82) is 0 Å². The van der Waals surface area contributed by atoms with Crippen molar-refractivity contribution in [2.24, 2.45) is 23.2 Å². The van der Waals surface area contributed by atoms with Gasteiger partial charge in [-0.05, 0) is 48.9 Å². The lowest BCUT2D eigenvalue weighted by atomic mass is 9.73. The molecule has 1 nitrogen and oxygen atoms in total. The summed E-state index contributed by atoms with van der Waals surface area (Å²) in [4.78, 5) is 0. The SMILES string of the molecule is CC12CCC3C(CC(O)C31)C2. The predicted molar refractivity (Wildman–Crippen MR) is 43.1 cm³/mol. The standard InChI is InChI=1S/C10H16O/c1-10-3-2-7-6(5-10)4-8(11)9(7)10/h6-9,11H,2-5H2,1H3. The second-order valence-electron chi connectivity index (χ2n) is 5.15. The first-order valence-electron chi connectivity index (χ1n) is 4.89. The lowest BCUT2D eigenvalue weighted by Gasteiger charge is -2.34. The molecule has 5 atom stereocenters. The average molecular weight is 152 g/mol. The van der Waals surface area contributed by atoms with E-state index in [2.05, 4.69) is 6.92 Å². The van der Waals surface area contributed by atoms with Crippen LogP contribution >= 0.6 is 0 Å². The topological polar surface area (TPSA) is 20.2 Å². The maximum atomic E-state index is 9.77. The third-order valence-corrected chi connectivity index (χ3v) is 4.61. The Morgan fingerprint density at radius 3 is 2.82 bits per heavy atom. The molecule has 1 heteroatoms. The first-order valence-corrected chi connectivity index (χ1v) is 4.89. The van der Waals surface area contributed by atoms with Crippen molar-refractivity contribution in [2.45, 2.75) is 38.7 Å². The zero-order valence-electron chi connectivity index (χ0n) is 7.09. The van der Waals surface area contributed by atoms with Crippen molar-refractivity contribution >= 4 is 0 Å². The molecule has 0 aromatic carbocycles. The molecule has 3 saturated carbocycles. The molecule has 3 fully saturated rings. The fourth-order valence-electron chi connectivity index (χ4n) is 4.34. The van der Waals surface area contributed by atoms with Crippen molar-refractivity contribution in [3.05, 3.63) is 0 Å². The van der Waals surface area contributed by atoms with E-state index in [1.807, 2.05) is 0 Å². The molecule has 0 amide bonds. The molecule has 3 rings (SSSR count). The van der Waals surface area contributed by atoms with E-state index in [1.165, 1.54) is 19.3 Å². The zero-order chi connectivity index (χ0) is 7.64. The second-order valence-corrected chi connectivity index (χ2v) is 5.15. The minimum Gasteiger partial charge on any atom is -0.393 e. The molecule has 0 saturated heterocycles. The lowest BCUT2D eigenvalue weighted by Crippen LogP contribution is -2.31. The number of hydrogen-bond acceptors (Lipinski definition) is 1. The average Bonchev–Trinajstić information content (AvgIpc) is 2.46. The molecule has 0 aromatic rings. The Hall–Kier alpha value is -0.0400. The third-order valence-electron chi connectivity index (χ3n) is 4.61. The van der Waals surface area contributed by atoms with E-state index in [4.69, 9.17) is 0 Å². The van der Waals surface area contributed by atoms with E-state index in [1.54, 1.807) is 0 Å². The van der Waals surface area contributed by atoms with Gasteiger partial charge in [-0.1, -0.05) is 6.92 Å². The van der Waals surface area contributed by atoms with Crippen molar-refractivity contribution < 1.29 is 5.11 Å². The molecule has 0 radical (unpaired) electrons. The van der Waals surface area contributed by atoms with E-state index in [0.717, 1.165) is 18.3 Å². The third kappa shape index (κ3) is 0.581. The fourth-order valence-corrected chi connectivity index (χ4v) is 4.34. The second kappa shape index (κ2) is 1.66. The van der Waals surface area contributed by atoms with Gasteiger partial charge < -0.3 is 5.11 Å². The van der Waals surface area contributed by atoms with Gasteiger partial charge in [-0.2, -0.15) is 0 Å². The van der Waals surface area contributed by atoms with Gasteiger partial charge in [-0.25, -0.2) is 0 Å². The first kappa shape index (κ1) is 6.47. The quantitative estimate of drug-likeness (QED) is 0.561. The smallest absolute Gasteiger partial charge is 0.0579 e. The summed E-state index contributed by atoms with van der Waals surface area (Å²) >= 11 is 0. The maximum Gasteiger partial charge on any atom is 0.0579 e. The molecule has 0 aromatic heterocycles. The van der Waals surface area contributed by atoms with E-state index in [-0.39, 0.29) is 6.10 Å². The highest BCUT2D eigenvalue weighted by atomic mass is 16.3. The summed E-state index contributed by atoms with van der Waals surface area (Å²) in [5, 5.41) is 9.77. The van der Waals surface area contributed by atoms with Gasteiger partial charge in [0.2, 0.25) is 0 Å². The van der Waals surface area contributed by atoms with Crippen LogP contribution in [-0.4, -0.2) is 11.2 Å². The molecule has 1 N–H and O–H groups in total. The van der Waals surface area contributed by atoms with E-state index >= 15 is 0 Å². The van der Waals surface area contributed by atoms with Crippen LogP contribution in [0.25, 0.3) is 0 Å². The molecule has 0 aliphatic heterocycles. The Morgan fingerprint density at radius 2 is 2.27 bits per heavy atom. The molecule has 4 bridgehead atoms. The summed E-state index contributed by atoms with van der Waals surface area (Å²) in [5.41, 5.74) is 0.549. The van der Waals surface area contributed by atoms with Crippen molar-refractivity contribution in [3.8, 4) is 0 Å². The van der Waals surface area contributed by atoms with Crippen molar-refractivity contribution in [1.82, 2.24) is 0 Å². The van der Waals surface area contributed by atoms with Crippen LogP contribution in [0.15, 0.2) is 0 Å². The Labute approximate surface area is 67.8 Å². The van der Waals surface area contributed by atoms with Gasteiger partial charge in [0, 0.05) is 0 Å². The molecule has 3 aliphatic rings. The number of aliphatic hydroxyl groups excluding tert-OH is 1. The minimum atomic E-state index is 0.0613. The molecule has 3 aliphatic carbocycles. The van der Waals surface area contributed by atoms with Gasteiger partial charge in [0.25, 0.3) is 0 Å². The molecule has 0 spiro atoms. The van der Waals surface area contributed by atoms with Gasteiger partial charge >= 0.3 is 0 Å². The summed E-state index contributed by atoms with van der Waals surface area (Å²) < 4.78 is 0. The molecule has 11 heavy (non-hydrogen) atoms. The molecule has 62 valence electrons. The summed E-state index contributed by atoms with van der Waals surface area (Å²) in [6.07, 6.45) is 5.38. The normalized spacial score (nSPS) is 66.0. The van der Waals surface area contributed by atoms with E-state index < -0.39 is 0 Å². The van der Waals surface area contributed by atoms with Gasteiger partial charge in [-0.3, -0.25) is 0 Å². The highest BCUT2D eigenvalue weighted by molar-refractivity contribution is 5.11. The fraction of sp³-hybridized carbons (Fsp3) is 1.00. The maximum absolute atomic E-state index is 9.77. The summed E-state index contributed by atoms with van der Waals surface area (Å²) in [7, 11) is 0. The first-order chi connectivity index (χ1) is 5.21. The van der Waals surface area contributed by atoms with Crippen LogP contribution in [-0.2, 0) is 0 Å². The van der Waals surface area contributed by atoms with Crippen LogP contribution in [0.4, 0.5) is 0 Å². The van der Waals surface area contributed by atoms with Crippen LogP contribution in [0.3, 0.4) is 0 Å². The van der Waals surface area contributed by atoms with Gasteiger partial charge in [0.1, 0.15) is 0 Å². The summed E-state index contributed by atoms with van der Waals surface area (Å²) in [6, 6.07) is 0. The highest BCUT2D eigenvalue weighted by Gasteiger charge is 2.62. The number of hydrogen-bond donors (Lipinski definition) is 1. The zero-order valence-corrected chi connectivity index (χ0v) is 7.09. The Morgan fingerprint density at radius 1 is 1.45 bits per heavy atom. The van der Waals surface area contributed by atoms with E-state index in [9.17, 15) is 5.11 Å². The van der Waals surface area contributed by atoms with Crippen LogP contribution < -0.4 is 0 Å². The van der Waals surface area contributed by atoms with Gasteiger partial charge in [0.05, 0.1) is 6.10 Å². The minimum absolute atomic E-state index is 0.0613. The Bertz CT molecular complexity index is 201.